The number of rotatable bonds is 6. The van der Waals surface area contributed by atoms with Crippen molar-refractivity contribution in [2.45, 2.75) is 76.4 Å². The van der Waals surface area contributed by atoms with Crippen molar-refractivity contribution < 1.29 is 4.79 Å². The van der Waals surface area contributed by atoms with Crippen LogP contribution in [0.15, 0.2) is 9.95 Å². The van der Waals surface area contributed by atoms with Crippen LogP contribution in [0.1, 0.15) is 63.1 Å². The fourth-order valence-electron chi connectivity index (χ4n) is 6.39. The van der Waals surface area contributed by atoms with Crippen molar-refractivity contribution >= 4 is 17.7 Å². The normalized spacial score (nSPS) is 32.5. The zero-order valence-corrected chi connectivity index (χ0v) is 17.5. The largest absolute Gasteiger partial charge is 0.353 e. The SMILES string of the molecule is CSc1nc(C)c(CCC(=O)NC(C)C23CC4CC(CC(C4)C2)C3)c(=O)[nH]1. The predicted molar refractivity (Wildman–Crippen MR) is 108 cm³/mol. The second-order valence-electron chi connectivity index (χ2n) is 9.21. The number of aromatic nitrogens is 2. The van der Waals surface area contributed by atoms with Crippen molar-refractivity contribution in [2.75, 3.05) is 6.26 Å². The summed E-state index contributed by atoms with van der Waals surface area (Å²) in [6, 6.07) is 0.231. The molecular weight excluding hydrogens is 358 g/mol. The van der Waals surface area contributed by atoms with Gasteiger partial charge in [-0.1, -0.05) is 11.8 Å². The molecule has 5 rings (SSSR count). The number of thioether (sulfide) groups is 1. The van der Waals surface area contributed by atoms with Crippen LogP contribution in [0, 0.1) is 30.1 Å². The quantitative estimate of drug-likeness (QED) is 0.577. The van der Waals surface area contributed by atoms with Crippen LogP contribution >= 0.6 is 11.8 Å². The number of carbonyl (C=O) groups is 1. The van der Waals surface area contributed by atoms with Gasteiger partial charge in [-0.05, 0) is 88.2 Å². The number of aromatic amines is 1. The highest BCUT2D eigenvalue weighted by molar-refractivity contribution is 7.98. The summed E-state index contributed by atoms with van der Waals surface area (Å²) >= 11 is 1.42. The number of nitrogens with zero attached hydrogens (tertiary/aromatic N) is 1. The molecule has 0 radical (unpaired) electrons. The molecule has 1 unspecified atom stereocenters. The van der Waals surface area contributed by atoms with Gasteiger partial charge in [0.1, 0.15) is 0 Å². The van der Waals surface area contributed by atoms with Crippen LogP contribution in [0.3, 0.4) is 0 Å². The standard InChI is InChI=1S/C21H31N3O2S/c1-12-17(19(26)24-20(22-12)27-3)4-5-18(25)23-13(2)21-9-14-6-15(10-21)8-16(7-14)11-21/h13-16H,4-11H2,1-3H3,(H,23,25)(H,22,24,26). The molecule has 0 saturated heterocycles. The van der Waals surface area contributed by atoms with Gasteiger partial charge in [-0.2, -0.15) is 0 Å². The van der Waals surface area contributed by atoms with Gasteiger partial charge in [0, 0.05) is 23.7 Å². The van der Waals surface area contributed by atoms with Crippen LogP contribution in [0.4, 0.5) is 0 Å². The average Bonchev–Trinajstić information content (AvgIpc) is 2.59. The Labute approximate surface area is 165 Å². The Morgan fingerprint density at radius 2 is 1.85 bits per heavy atom. The van der Waals surface area contributed by atoms with Gasteiger partial charge in [-0.3, -0.25) is 9.59 Å². The lowest BCUT2D eigenvalue weighted by Gasteiger charge is -2.59. The third kappa shape index (κ3) is 3.69. The molecular formula is C21H31N3O2S. The minimum absolute atomic E-state index is 0.0611. The second-order valence-corrected chi connectivity index (χ2v) is 10.0. The topological polar surface area (TPSA) is 74.8 Å². The molecule has 4 fully saturated rings. The molecule has 1 atom stereocenters. The van der Waals surface area contributed by atoms with Crippen molar-refractivity contribution in [2.24, 2.45) is 23.2 Å². The minimum atomic E-state index is -0.117. The van der Waals surface area contributed by atoms with E-state index in [9.17, 15) is 9.59 Å². The highest BCUT2D eigenvalue weighted by atomic mass is 32.2. The second kappa shape index (κ2) is 7.26. The fraction of sp³-hybridized carbons (Fsp3) is 0.762. The smallest absolute Gasteiger partial charge is 0.254 e. The van der Waals surface area contributed by atoms with Gasteiger partial charge in [-0.25, -0.2) is 4.98 Å². The molecule has 0 spiro atoms. The molecule has 0 aromatic carbocycles. The van der Waals surface area contributed by atoms with Crippen LogP contribution in [-0.2, 0) is 11.2 Å². The first kappa shape index (κ1) is 19.0. The van der Waals surface area contributed by atoms with Crippen LogP contribution in [0.2, 0.25) is 0 Å². The third-order valence-electron chi connectivity index (χ3n) is 7.38. The van der Waals surface area contributed by atoms with Crippen molar-refractivity contribution in [3.8, 4) is 0 Å². The van der Waals surface area contributed by atoms with Gasteiger partial charge in [0.15, 0.2) is 5.16 Å². The van der Waals surface area contributed by atoms with Gasteiger partial charge >= 0.3 is 0 Å². The zero-order valence-electron chi connectivity index (χ0n) is 16.6. The van der Waals surface area contributed by atoms with Crippen molar-refractivity contribution in [3.63, 3.8) is 0 Å². The Balaban J connectivity index is 1.37. The maximum atomic E-state index is 12.6. The summed E-state index contributed by atoms with van der Waals surface area (Å²) in [6.45, 7) is 4.05. The van der Waals surface area contributed by atoms with E-state index in [-0.39, 0.29) is 17.5 Å². The number of nitrogens with one attached hydrogen (secondary N) is 2. The predicted octanol–water partition coefficient (Wildman–Crippen LogP) is 3.45. The molecule has 2 N–H and O–H groups in total. The van der Waals surface area contributed by atoms with Crippen LogP contribution in [0.25, 0.3) is 0 Å². The highest BCUT2D eigenvalue weighted by Crippen LogP contribution is 2.61. The highest BCUT2D eigenvalue weighted by Gasteiger charge is 2.53. The molecule has 0 aliphatic heterocycles. The molecule has 4 aliphatic carbocycles. The Bertz CT molecular complexity index is 753. The lowest BCUT2D eigenvalue weighted by atomic mass is 9.48. The summed E-state index contributed by atoms with van der Waals surface area (Å²) in [5.41, 5.74) is 1.56. The van der Waals surface area contributed by atoms with E-state index in [2.05, 4.69) is 22.2 Å². The van der Waals surface area contributed by atoms with Crippen molar-refractivity contribution in [3.05, 3.63) is 21.6 Å². The minimum Gasteiger partial charge on any atom is -0.353 e. The van der Waals surface area contributed by atoms with E-state index < -0.39 is 0 Å². The molecule has 4 aliphatic rings. The monoisotopic (exact) mass is 389 g/mol. The fourth-order valence-corrected chi connectivity index (χ4v) is 6.81. The Morgan fingerprint density at radius 1 is 1.26 bits per heavy atom. The van der Waals surface area contributed by atoms with E-state index in [0.29, 0.717) is 29.0 Å². The van der Waals surface area contributed by atoms with E-state index in [4.69, 9.17) is 0 Å². The van der Waals surface area contributed by atoms with E-state index in [1.165, 1.54) is 50.3 Å². The van der Waals surface area contributed by atoms with Gasteiger partial charge < -0.3 is 10.3 Å². The molecule has 6 heteroatoms. The van der Waals surface area contributed by atoms with E-state index >= 15 is 0 Å². The van der Waals surface area contributed by atoms with Gasteiger partial charge in [0.05, 0.1) is 0 Å². The maximum absolute atomic E-state index is 12.6. The molecule has 5 nitrogen and oxygen atoms in total. The lowest BCUT2D eigenvalue weighted by molar-refractivity contribution is -0.125. The lowest BCUT2D eigenvalue weighted by Crippen LogP contribution is -2.55. The van der Waals surface area contributed by atoms with Crippen LogP contribution < -0.4 is 10.9 Å². The van der Waals surface area contributed by atoms with Gasteiger partial charge in [0.25, 0.3) is 5.56 Å². The first-order valence-corrected chi connectivity index (χ1v) is 11.5. The Morgan fingerprint density at radius 3 is 2.37 bits per heavy atom. The molecule has 1 aromatic rings. The number of amides is 1. The van der Waals surface area contributed by atoms with Gasteiger partial charge in [-0.15, -0.1) is 0 Å². The number of hydrogen-bond acceptors (Lipinski definition) is 4. The summed E-state index contributed by atoms with van der Waals surface area (Å²) in [6.07, 6.45) is 10.8. The number of aryl methyl sites for hydroxylation is 1. The first-order chi connectivity index (χ1) is 12.9. The molecule has 1 heterocycles. The summed E-state index contributed by atoms with van der Waals surface area (Å²) < 4.78 is 0. The van der Waals surface area contributed by atoms with Crippen molar-refractivity contribution in [1.82, 2.24) is 15.3 Å². The van der Waals surface area contributed by atoms with E-state index in [1.54, 1.807) is 0 Å². The number of hydrogen-bond donors (Lipinski definition) is 2. The first-order valence-electron chi connectivity index (χ1n) is 10.3. The van der Waals surface area contributed by atoms with Gasteiger partial charge in [0.2, 0.25) is 5.91 Å². The molecule has 4 bridgehead atoms. The Kier molecular flexibility index (Phi) is 5.12. The third-order valence-corrected chi connectivity index (χ3v) is 7.96. The summed E-state index contributed by atoms with van der Waals surface area (Å²) in [5, 5.41) is 3.92. The van der Waals surface area contributed by atoms with E-state index in [1.807, 2.05) is 13.2 Å². The van der Waals surface area contributed by atoms with Crippen LogP contribution in [-0.4, -0.2) is 28.2 Å². The van der Waals surface area contributed by atoms with E-state index in [0.717, 1.165) is 23.4 Å². The Hall–Kier alpha value is -1.30. The van der Waals surface area contributed by atoms with Crippen molar-refractivity contribution in [1.29, 1.82) is 0 Å². The molecule has 148 valence electrons. The molecule has 1 amide bonds. The zero-order chi connectivity index (χ0) is 19.2. The summed E-state index contributed by atoms with van der Waals surface area (Å²) in [5.74, 6) is 2.72. The number of H-pyrrole nitrogens is 1. The molecule has 1 aromatic heterocycles. The summed E-state index contributed by atoms with van der Waals surface area (Å²) in [7, 11) is 0. The van der Waals surface area contributed by atoms with Crippen LogP contribution in [0.5, 0.6) is 0 Å². The maximum Gasteiger partial charge on any atom is 0.254 e. The number of carbonyl (C=O) groups excluding carboxylic acids is 1. The average molecular weight is 390 g/mol. The molecule has 4 saturated carbocycles. The summed E-state index contributed by atoms with van der Waals surface area (Å²) in [4.78, 5) is 32.0. The molecule has 27 heavy (non-hydrogen) atoms.